The molecular weight excluding hydrogens is 283 g/mol. The standard InChI is InChI=1S/C14H18F3N3O/c15-14(16,17)10-21-12-4-1-3-11(9-12)5-8-20-13-18-6-2-7-19-13/h1,3-4,9H,2,5-8,10H2,(H2,18,19,20). The smallest absolute Gasteiger partial charge is 0.422 e. The molecule has 0 unspecified atom stereocenters. The highest BCUT2D eigenvalue weighted by Crippen LogP contribution is 2.19. The Labute approximate surface area is 121 Å². The molecule has 4 nitrogen and oxygen atoms in total. The maximum atomic E-state index is 12.1. The van der Waals surface area contributed by atoms with Crippen LogP contribution in [-0.4, -0.2) is 38.4 Å². The number of nitrogens with zero attached hydrogens (tertiary/aromatic N) is 1. The van der Waals surface area contributed by atoms with E-state index < -0.39 is 12.8 Å². The van der Waals surface area contributed by atoms with Gasteiger partial charge >= 0.3 is 6.18 Å². The third kappa shape index (κ3) is 5.93. The number of hydrogen-bond acceptors (Lipinski definition) is 4. The fourth-order valence-electron chi connectivity index (χ4n) is 1.93. The Morgan fingerprint density at radius 2 is 2.19 bits per heavy atom. The van der Waals surface area contributed by atoms with E-state index in [4.69, 9.17) is 4.74 Å². The second-order valence-corrected chi connectivity index (χ2v) is 4.74. The van der Waals surface area contributed by atoms with Crippen molar-refractivity contribution in [3.8, 4) is 5.75 Å². The monoisotopic (exact) mass is 301 g/mol. The SMILES string of the molecule is FC(F)(F)COc1cccc(CCNC2=NCCCN2)c1. The first-order chi connectivity index (χ1) is 10.0. The Morgan fingerprint density at radius 3 is 2.90 bits per heavy atom. The molecule has 0 atom stereocenters. The molecule has 1 aliphatic heterocycles. The average molecular weight is 301 g/mol. The Hall–Kier alpha value is -1.92. The number of aliphatic imine (C=N–C) groups is 1. The molecule has 0 fully saturated rings. The van der Waals surface area contributed by atoms with E-state index >= 15 is 0 Å². The maximum Gasteiger partial charge on any atom is 0.422 e. The number of guanidine groups is 1. The molecule has 116 valence electrons. The first-order valence-corrected chi connectivity index (χ1v) is 6.84. The molecule has 0 spiro atoms. The summed E-state index contributed by atoms with van der Waals surface area (Å²) in [6.07, 6.45) is -2.60. The molecule has 7 heteroatoms. The Bertz CT molecular complexity index is 489. The first-order valence-electron chi connectivity index (χ1n) is 6.84. The van der Waals surface area contributed by atoms with Crippen LogP contribution >= 0.6 is 0 Å². The van der Waals surface area contributed by atoms with Gasteiger partial charge < -0.3 is 15.4 Å². The topological polar surface area (TPSA) is 45.6 Å². The van der Waals surface area contributed by atoms with Gasteiger partial charge in [0.1, 0.15) is 5.75 Å². The number of rotatable bonds is 5. The molecule has 0 aromatic heterocycles. The molecule has 1 aromatic carbocycles. The molecule has 0 saturated heterocycles. The Kier molecular flexibility index (Phi) is 5.30. The van der Waals surface area contributed by atoms with Gasteiger partial charge in [-0.15, -0.1) is 0 Å². The van der Waals surface area contributed by atoms with Gasteiger partial charge in [-0.1, -0.05) is 12.1 Å². The molecule has 0 bridgehead atoms. The minimum absolute atomic E-state index is 0.234. The summed E-state index contributed by atoms with van der Waals surface area (Å²) >= 11 is 0. The third-order valence-corrected chi connectivity index (χ3v) is 2.90. The number of alkyl halides is 3. The van der Waals surface area contributed by atoms with Crippen LogP contribution in [0.25, 0.3) is 0 Å². The van der Waals surface area contributed by atoms with Crippen LogP contribution < -0.4 is 15.4 Å². The van der Waals surface area contributed by atoms with Crippen molar-refractivity contribution >= 4 is 5.96 Å². The quantitative estimate of drug-likeness (QED) is 0.875. The van der Waals surface area contributed by atoms with E-state index in [0.29, 0.717) is 13.0 Å². The van der Waals surface area contributed by atoms with Crippen LogP contribution in [0.4, 0.5) is 13.2 Å². The fourth-order valence-corrected chi connectivity index (χ4v) is 1.93. The Balaban J connectivity index is 1.79. The van der Waals surface area contributed by atoms with Crippen LogP contribution in [0.15, 0.2) is 29.3 Å². The molecule has 2 rings (SSSR count). The lowest BCUT2D eigenvalue weighted by Crippen LogP contribution is -2.41. The van der Waals surface area contributed by atoms with Crippen molar-refractivity contribution in [1.29, 1.82) is 0 Å². The molecule has 21 heavy (non-hydrogen) atoms. The number of hydrogen-bond donors (Lipinski definition) is 2. The second-order valence-electron chi connectivity index (χ2n) is 4.74. The zero-order chi connectivity index (χ0) is 15.1. The molecule has 2 N–H and O–H groups in total. The van der Waals surface area contributed by atoms with E-state index in [1.807, 2.05) is 6.07 Å². The van der Waals surface area contributed by atoms with Gasteiger partial charge in [0.2, 0.25) is 0 Å². The van der Waals surface area contributed by atoms with E-state index in [0.717, 1.165) is 31.0 Å². The van der Waals surface area contributed by atoms with Crippen LogP contribution in [-0.2, 0) is 6.42 Å². The van der Waals surface area contributed by atoms with Crippen molar-refractivity contribution in [2.24, 2.45) is 4.99 Å². The van der Waals surface area contributed by atoms with Crippen molar-refractivity contribution < 1.29 is 17.9 Å². The lowest BCUT2D eigenvalue weighted by atomic mass is 10.1. The summed E-state index contributed by atoms with van der Waals surface area (Å²) < 4.78 is 41.0. The van der Waals surface area contributed by atoms with Gasteiger partial charge in [0.05, 0.1) is 0 Å². The summed E-state index contributed by atoms with van der Waals surface area (Å²) in [6, 6.07) is 6.70. The van der Waals surface area contributed by atoms with Crippen LogP contribution in [0.1, 0.15) is 12.0 Å². The molecule has 0 aliphatic carbocycles. The van der Waals surface area contributed by atoms with Gasteiger partial charge in [-0.3, -0.25) is 4.99 Å². The highest BCUT2D eigenvalue weighted by atomic mass is 19.4. The molecule has 0 saturated carbocycles. The van der Waals surface area contributed by atoms with Crippen LogP contribution in [0, 0.1) is 0 Å². The molecule has 0 amide bonds. The minimum Gasteiger partial charge on any atom is -0.484 e. The lowest BCUT2D eigenvalue weighted by Gasteiger charge is -2.16. The largest absolute Gasteiger partial charge is 0.484 e. The lowest BCUT2D eigenvalue weighted by molar-refractivity contribution is -0.153. The fraction of sp³-hybridized carbons (Fsp3) is 0.500. The predicted octanol–water partition coefficient (Wildman–Crippen LogP) is 2.11. The second kappa shape index (κ2) is 7.19. The van der Waals surface area contributed by atoms with Gasteiger partial charge in [-0.05, 0) is 30.5 Å². The highest BCUT2D eigenvalue weighted by Gasteiger charge is 2.28. The Morgan fingerprint density at radius 1 is 1.33 bits per heavy atom. The number of nitrogens with one attached hydrogen (secondary N) is 2. The van der Waals surface area contributed by atoms with Gasteiger partial charge in [0.25, 0.3) is 0 Å². The van der Waals surface area contributed by atoms with Gasteiger partial charge in [-0.2, -0.15) is 13.2 Å². The molecule has 1 aromatic rings. The number of ether oxygens (including phenoxy) is 1. The summed E-state index contributed by atoms with van der Waals surface area (Å²) in [7, 11) is 0. The summed E-state index contributed by atoms with van der Waals surface area (Å²) in [5.41, 5.74) is 0.915. The van der Waals surface area contributed by atoms with E-state index in [9.17, 15) is 13.2 Å². The van der Waals surface area contributed by atoms with Crippen molar-refractivity contribution in [3.05, 3.63) is 29.8 Å². The van der Waals surface area contributed by atoms with Crippen LogP contribution in [0.2, 0.25) is 0 Å². The molecule has 1 aliphatic rings. The van der Waals surface area contributed by atoms with Crippen LogP contribution in [0.3, 0.4) is 0 Å². The van der Waals surface area contributed by atoms with Crippen molar-refractivity contribution in [3.63, 3.8) is 0 Å². The summed E-state index contributed by atoms with van der Waals surface area (Å²) in [6.45, 7) is 1.12. The van der Waals surface area contributed by atoms with Gasteiger partial charge in [-0.25, -0.2) is 0 Å². The van der Waals surface area contributed by atoms with Crippen LogP contribution in [0.5, 0.6) is 5.75 Å². The number of benzene rings is 1. The van der Waals surface area contributed by atoms with Gasteiger partial charge in [0.15, 0.2) is 12.6 Å². The molecular formula is C14H18F3N3O. The van der Waals surface area contributed by atoms with E-state index in [-0.39, 0.29) is 5.75 Å². The maximum absolute atomic E-state index is 12.1. The predicted molar refractivity (Wildman–Crippen MR) is 74.6 cm³/mol. The van der Waals surface area contributed by atoms with Crippen molar-refractivity contribution in [2.45, 2.75) is 19.0 Å². The molecule has 1 heterocycles. The van der Waals surface area contributed by atoms with E-state index in [2.05, 4.69) is 15.6 Å². The van der Waals surface area contributed by atoms with Crippen molar-refractivity contribution in [2.75, 3.05) is 26.2 Å². The third-order valence-electron chi connectivity index (χ3n) is 2.90. The summed E-state index contributed by atoms with van der Waals surface area (Å²) in [5.74, 6) is 1.02. The van der Waals surface area contributed by atoms with Crippen molar-refractivity contribution in [1.82, 2.24) is 10.6 Å². The molecule has 0 radical (unpaired) electrons. The average Bonchev–Trinajstić information content (AvgIpc) is 2.46. The minimum atomic E-state index is -4.32. The highest BCUT2D eigenvalue weighted by molar-refractivity contribution is 5.80. The van der Waals surface area contributed by atoms with E-state index in [1.165, 1.54) is 6.07 Å². The summed E-state index contributed by atoms with van der Waals surface area (Å²) in [4.78, 5) is 4.28. The number of halogens is 3. The van der Waals surface area contributed by atoms with E-state index in [1.54, 1.807) is 12.1 Å². The zero-order valence-electron chi connectivity index (χ0n) is 11.5. The zero-order valence-corrected chi connectivity index (χ0v) is 11.5. The first kappa shape index (κ1) is 15.5. The van der Waals surface area contributed by atoms with Gasteiger partial charge in [0, 0.05) is 19.6 Å². The summed E-state index contributed by atoms with van der Waals surface area (Å²) in [5, 5.41) is 6.31. The normalized spacial score (nSPS) is 15.1.